The number of hydrogen-bond acceptors (Lipinski definition) is 4. The van der Waals surface area contributed by atoms with Gasteiger partial charge < -0.3 is 11.5 Å². The first-order chi connectivity index (χ1) is 5.06. The Hall–Kier alpha value is -0.160. The fraction of sp³-hybridized carbons (Fsp3) is 1.00. The van der Waals surface area contributed by atoms with Gasteiger partial charge in [0.1, 0.15) is 0 Å². The van der Waals surface area contributed by atoms with Crippen molar-refractivity contribution in [2.24, 2.45) is 11.5 Å². The second-order valence-corrected chi connectivity index (χ2v) is 2.87. The van der Waals surface area contributed by atoms with Gasteiger partial charge in [0.2, 0.25) is 0 Å². The van der Waals surface area contributed by atoms with Crippen molar-refractivity contribution in [3.63, 3.8) is 0 Å². The third kappa shape index (κ3) is 6.25. The summed E-state index contributed by atoms with van der Waals surface area (Å²) in [4.78, 5) is 0. The third-order valence-corrected chi connectivity index (χ3v) is 1.34. The maximum absolute atomic E-state index is 5.55. The molecule has 0 aliphatic carbocycles. The van der Waals surface area contributed by atoms with Gasteiger partial charge in [-0.25, -0.2) is 0 Å². The molecule has 0 rings (SSSR count). The van der Waals surface area contributed by atoms with Crippen molar-refractivity contribution >= 4 is 0 Å². The van der Waals surface area contributed by atoms with Crippen LogP contribution >= 0.6 is 0 Å². The highest BCUT2D eigenvalue weighted by atomic mass is 15.2. The molecule has 0 saturated heterocycles. The third-order valence-electron chi connectivity index (χ3n) is 1.34. The van der Waals surface area contributed by atoms with E-state index in [1.54, 1.807) is 0 Å². The minimum absolute atomic E-state index is 0.00574. The van der Waals surface area contributed by atoms with E-state index in [4.69, 9.17) is 11.5 Å². The Morgan fingerprint density at radius 3 is 1.64 bits per heavy atom. The Labute approximate surface area is 68.7 Å². The van der Waals surface area contributed by atoms with Crippen molar-refractivity contribution in [1.82, 2.24) is 10.6 Å². The lowest BCUT2D eigenvalue weighted by Crippen LogP contribution is -2.53. The SMILES string of the molecule is CCC(NC(C)N)NC(C)N. The molecule has 0 spiro atoms. The molecule has 68 valence electrons. The minimum atomic E-state index is 0.00574. The molecule has 0 fully saturated rings. The van der Waals surface area contributed by atoms with Crippen LogP contribution in [0.1, 0.15) is 27.2 Å². The molecule has 4 heteroatoms. The van der Waals surface area contributed by atoms with Crippen molar-refractivity contribution in [1.29, 1.82) is 0 Å². The minimum Gasteiger partial charge on any atom is -0.316 e. The molecule has 0 aliphatic heterocycles. The summed E-state index contributed by atoms with van der Waals surface area (Å²) >= 11 is 0. The van der Waals surface area contributed by atoms with Crippen LogP contribution in [0.3, 0.4) is 0 Å². The topological polar surface area (TPSA) is 76.1 Å². The van der Waals surface area contributed by atoms with E-state index in [9.17, 15) is 0 Å². The van der Waals surface area contributed by atoms with Crippen molar-refractivity contribution in [3.05, 3.63) is 0 Å². The van der Waals surface area contributed by atoms with Crippen LogP contribution in [0.4, 0.5) is 0 Å². The molecule has 0 aromatic heterocycles. The fourth-order valence-electron chi connectivity index (χ4n) is 0.918. The molecule has 2 atom stereocenters. The number of rotatable bonds is 5. The monoisotopic (exact) mass is 160 g/mol. The first-order valence-electron chi connectivity index (χ1n) is 4.09. The van der Waals surface area contributed by atoms with Gasteiger partial charge >= 0.3 is 0 Å². The predicted octanol–water partition coefficient (Wildman–Crippen LogP) is -0.489. The second kappa shape index (κ2) is 5.49. The fourth-order valence-corrected chi connectivity index (χ4v) is 0.918. The molecule has 11 heavy (non-hydrogen) atoms. The number of nitrogens with two attached hydrogens (primary N) is 2. The van der Waals surface area contributed by atoms with Gasteiger partial charge in [0.15, 0.2) is 0 Å². The van der Waals surface area contributed by atoms with Gasteiger partial charge in [0, 0.05) is 0 Å². The van der Waals surface area contributed by atoms with E-state index >= 15 is 0 Å². The average molecular weight is 160 g/mol. The average Bonchev–Trinajstić information content (AvgIpc) is 1.84. The predicted molar refractivity (Wildman–Crippen MR) is 47.6 cm³/mol. The molecule has 0 aromatic rings. The summed E-state index contributed by atoms with van der Waals surface area (Å²) < 4.78 is 0. The lowest BCUT2D eigenvalue weighted by Gasteiger charge is -2.23. The second-order valence-electron chi connectivity index (χ2n) is 2.87. The van der Waals surface area contributed by atoms with Gasteiger partial charge in [-0.15, -0.1) is 0 Å². The van der Waals surface area contributed by atoms with Gasteiger partial charge in [0.05, 0.1) is 18.5 Å². The van der Waals surface area contributed by atoms with Gasteiger partial charge in [-0.2, -0.15) is 0 Å². The summed E-state index contributed by atoms with van der Waals surface area (Å²) in [6.07, 6.45) is 1.20. The number of hydrogen-bond donors (Lipinski definition) is 4. The van der Waals surface area contributed by atoms with E-state index in [2.05, 4.69) is 17.6 Å². The van der Waals surface area contributed by atoms with Crippen LogP contribution in [-0.4, -0.2) is 18.5 Å². The summed E-state index contributed by atoms with van der Waals surface area (Å²) in [7, 11) is 0. The maximum Gasteiger partial charge on any atom is 0.0592 e. The molecule has 0 aromatic carbocycles. The van der Waals surface area contributed by atoms with Gasteiger partial charge in [0.25, 0.3) is 0 Å². The van der Waals surface area contributed by atoms with Gasteiger partial charge in [-0.05, 0) is 20.3 Å². The van der Waals surface area contributed by atoms with E-state index in [0.29, 0.717) is 0 Å². The number of nitrogens with one attached hydrogen (secondary N) is 2. The maximum atomic E-state index is 5.55. The normalized spacial score (nSPS) is 19.4. The Bertz CT molecular complexity index is 82.4. The highest BCUT2D eigenvalue weighted by Gasteiger charge is 2.07. The molecule has 0 amide bonds. The molecule has 0 aliphatic rings. The van der Waals surface area contributed by atoms with Crippen LogP contribution in [0.2, 0.25) is 0 Å². The van der Waals surface area contributed by atoms with Gasteiger partial charge in [-0.1, -0.05) is 6.92 Å². The largest absolute Gasteiger partial charge is 0.316 e. The summed E-state index contributed by atoms with van der Waals surface area (Å²) in [5, 5.41) is 6.30. The zero-order valence-corrected chi connectivity index (χ0v) is 7.59. The zero-order valence-electron chi connectivity index (χ0n) is 7.59. The summed E-state index contributed by atoms with van der Waals surface area (Å²) in [5.41, 5.74) is 11.1. The highest BCUT2D eigenvalue weighted by Crippen LogP contribution is 1.87. The molecule has 2 unspecified atom stereocenters. The molecule has 0 saturated carbocycles. The van der Waals surface area contributed by atoms with E-state index in [-0.39, 0.29) is 18.5 Å². The van der Waals surface area contributed by atoms with Crippen LogP contribution in [0, 0.1) is 0 Å². The van der Waals surface area contributed by atoms with Crippen molar-refractivity contribution < 1.29 is 0 Å². The Kier molecular flexibility index (Phi) is 5.41. The van der Waals surface area contributed by atoms with Crippen LogP contribution in [0.25, 0.3) is 0 Å². The van der Waals surface area contributed by atoms with E-state index in [1.165, 1.54) is 0 Å². The standard InChI is InChI=1S/C7H20N4/c1-4-7(10-5(2)8)11-6(3)9/h5-7,10-11H,4,8-9H2,1-3H3. The van der Waals surface area contributed by atoms with Crippen LogP contribution < -0.4 is 22.1 Å². The quantitative estimate of drug-likeness (QED) is 0.409. The van der Waals surface area contributed by atoms with Gasteiger partial charge in [-0.3, -0.25) is 10.6 Å². The van der Waals surface area contributed by atoms with E-state index in [0.717, 1.165) is 6.42 Å². The molecule has 4 nitrogen and oxygen atoms in total. The smallest absolute Gasteiger partial charge is 0.0592 e. The molecular formula is C7H20N4. The molecular weight excluding hydrogens is 140 g/mol. The van der Waals surface area contributed by atoms with Crippen LogP contribution in [0.15, 0.2) is 0 Å². The summed E-state index contributed by atoms with van der Waals surface area (Å²) in [6.45, 7) is 5.90. The van der Waals surface area contributed by atoms with E-state index < -0.39 is 0 Å². The lowest BCUT2D eigenvalue weighted by molar-refractivity contribution is 0.347. The first-order valence-corrected chi connectivity index (χ1v) is 4.09. The Morgan fingerprint density at radius 2 is 1.45 bits per heavy atom. The van der Waals surface area contributed by atoms with Crippen LogP contribution in [-0.2, 0) is 0 Å². The molecule has 0 radical (unpaired) electrons. The molecule has 0 bridgehead atoms. The highest BCUT2D eigenvalue weighted by molar-refractivity contribution is 4.66. The van der Waals surface area contributed by atoms with Crippen molar-refractivity contribution in [3.8, 4) is 0 Å². The van der Waals surface area contributed by atoms with Crippen molar-refractivity contribution in [2.75, 3.05) is 0 Å². The summed E-state index contributed by atoms with van der Waals surface area (Å²) in [6, 6.07) is 0. The lowest BCUT2D eigenvalue weighted by atomic mass is 10.3. The Morgan fingerprint density at radius 1 is 1.09 bits per heavy atom. The first kappa shape index (κ1) is 10.8. The van der Waals surface area contributed by atoms with Crippen LogP contribution in [0.5, 0.6) is 0 Å². The molecule has 6 N–H and O–H groups in total. The van der Waals surface area contributed by atoms with Crippen molar-refractivity contribution in [2.45, 2.75) is 45.7 Å². The Balaban J connectivity index is 3.58. The van der Waals surface area contributed by atoms with E-state index in [1.807, 2.05) is 13.8 Å². The zero-order chi connectivity index (χ0) is 8.85. The summed E-state index contributed by atoms with van der Waals surface area (Å²) in [5.74, 6) is 0. The molecule has 0 heterocycles.